The summed E-state index contributed by atoms with van der Waals surface area (Å²) in [5.41, 5.74) is 1.39. The molecule has 0 saturated carbocycles. The van der Waals surface area contributed by atoms with Crippen LogP contribution in [0.1, 0.15) is 39.8 Å². The van der Waals surface area contributed by atoms with Crippen LogP contribution in [0.2, 0.25) is 0 Å². The lowest BCUT2D eigenvalue weighted by Gasteiger charge is -2.15. The fourth-order valence-electron chi connectivity index (χ4n) is 3.60. The van der Waals surface area contributed by atoms with Gasteiger partial charge in [-0.1, -0.05) is 12.1 Å². The molecule has 1 atom stereocenters. The summed E-state index contributed by atoms with van der Waals surface area (Å²) in [7, 11) is 0. The molecule has 0 radical (unpaired) electrons. The number of aromatic nitrogens is 3. The second-order valence-electron chi connectivity index (χ2n) is 7.39. The van der Waals surface area contributed by atoms with Gasteiger partial charge in [-0.15, -0.1) is 0 Å². The number of aromatic amines is 1. The molecule has 1 amide bonds. The molecule has 31 heavy (non-hydrogen) atoms. The molecular formula is C22H21F3N4O2. The quantitative estimate of drug-likeness (QED) is 0.640. The molecule has 1 aliphatic rings. The van der Waals surface area contributed by atoms with E-state index in [1.54, 1.807) is 29.3 Å². The van der Waals surface area contributed by atoms with Gasteiger partial charge in [0, 0.05) is 37.3 Å². The largest absolute Gasteiger partial charge is 0.493 e. The monoisotopic (exact) mass is 430 g/mol. The first-order valence-corrected chi connectivity index (χ1v) is 9.95. The summed E-state index contributed by atoms with van der Waals surface area (Å²) in [6.45, 7) is 1.43. The van der Waals surface area contributed by atoms with E-state index in [1.807, 2.05) is 6.07 Å². The lowest BCUT2D eigenvalue weighted by molar-refractivity contribution is -0.137. The normalized spacial score (nSPS) is 16.5. The van der Waals surface area contributed by atoms with Crippen LogP contribution in [0.25, 0.3) is 0 Å². The second kappa shape index (κ2) is 8.79. The van der Waals surface area contributed by atoms with E-state index < -0.39 is 11.7 Å². The zero-order chi connectivity index (χ0) is 21.8. The number of halogens is 3. The van der Waals surface area contributed by atoms with Gasteiger partial charge in [0.15, 0.2) is 0 Å². The van der Waals surface area contributed by atoms with Crippen molar-refractivity contribution in [2.45, 2.75) is 24.9 Å². The molecule has 3 aromatic rings. The summed E-state index contributed by atoms with van der Waals surface area (Å²) < 4.78 is 43.8. The maximum atomic E-state index is 12.8. The standard InChI is InChI=1S/C22H21F3N4O2/c23-22(24,25)16-4-3-5-18(12-16)31-11-8-17-13-20(28-27-17)15-7-10-29(14-15)21(30)19-6-1-2-9-26-19/h1-6,9,12-13,15H,7-8,10-11,14H2,(H,27,28)/t15-/m1/s1. The van der Waals surface area contributed by atoms with Crippen molar-refractivity contribution in [3.8, 4) is 5.75 Å². The highest BCUT2D eigenvalue weighted by molar-refractivity contribution is 5.92. The molecule has 1 aromatic carbocycles. The van der Waals surface area contributed by atoms with E-state index in [-0.39, 0.29) is 24.2 Å². The zero-order valence-corrected chi connectivity index (χ0v) is 16.6. The van der Waals surface area contributed by atoms with E-state index in [2.05, 4.69) is 15.2 Å². The van der Waals surface area contributed by atoms with Crippen LogP contribution in [0.15, 0.2) is 54.7 Å². The van der Waals surface area contributed by atoms with Crippen LogP contribution in [-0.4, -0.2) is 45.7 Å². The molecule has 4 rings (SSSR count). The summed E-state index contributed by atoms with van der Waals surface area (Å²) >= 11 is 0. The fourth-order valence-corrected chi connectivity index (χ4v) is 3.60. The number of hydrogen-bond donors (Lipinski definition) is 1. The van der Waals surface area contributed by atoms with Crippen LogP contribution in [-0.2, 0) is 12.6 Å². The average Bonchev–Trinajstić information content (AvgIpc) is 3.43. The van der Waals surface area contributed by atoms with Crippen molar-refractivity contribution in [3.05, 3.63) is 77.4 Å². The Labute approximate surface area is 177 Å². The Bertz CT molecular complexity index is 1040. The number of carbonyl (C=O) groups excluding carboxylic acids is 1. The van der Waals surface area contributed by atoms with Crippen LogP contribution >= 0.6 is 0 Å². The highest BCUT2D eigenvalue weighted by Crippen LogP contribution is 2.31. The third kappa shape index (κ3) is 5.04. The smallest absolute Gasteiger partial charge is 0.416 e. The predicted molar refractivity (Wildman–Crippen MR) is 107 cm³/mol. The Hall–Kier alpha value is -3.36. The summed E-state index contributed by atoms with van der Waals surface area (Å²) in [6, 6.07) is 12.0. The molecule has 1 N–H and O–H groups in total. The Morgan fingerprint density at radius 3 is 2.84 bits per heavy atom. The van der Waals surface area contributed by atoms with Crippen LogP contribution < -0.4 is 4.74 Å². The fraction of sp³-hybridized carbons (Fsp3) is 0.318. The van der Waals surface area contributed by atoms with Crippen LogP contribution in [0.3, 0.4) is 0 Å². The van der Waals surface area contributed by atoms with Crippen molar-refractivity contribution in [2.75, 3.05) is 19.7 Å². The highest BCUT2D eigenvalue weighted by atomic mass is 19.4. The first-order chi connectivity index (χ1) is 14.9. The molecule has 0 bridgehead atoms. The van der Waals surface area contributed by atoms with Crippen molar-refractivity contribution in [1.82, 2.24) is 20.1 Å². The Kier molecular flexibility index (Phi) is 5.92. The summed E-state index contributed by atoms with van der Waals surface area (Å²) in [4.78, 5) is 18.4. The molecule has 1 fully saturated rings. The van der Waals surface area contributed by atoms with Crippen LogP contribution in [0.4, 0.5) is 13.2 Å². The van der Waals surface area contributed by atoms with Crippen molar-refractivity contribution >= 4 is 5.91 Å². The molecule has 0 unspecified atom stereocenters. The van der Waals surface area contributed by atoms with Gasteiger partial charge in [-0.05, 0) is 42.8 Å². The van der Waals surface area contributed by atoms with Crippen molar-refractivity contribution in [1.29, 1.82) is 0 Å². The number of H-pyrrole nitrogens is 1. The van der Waals surface area contributed by atoms with E-state index in [0.29, 0.717) is 25.2 Å². The lowest BCUT2D eigenvalue weighted by atomic mass is 10.0. The predicted octanol–water partition coefficient (Wildman–Crippen LogP) is 4.07. The SMILES string of the molecule is O=C(c1ccccn1)N1CC[C@@H](c2cc(CCOc3cccc(C(F)(F)F)c3)[nH]n2)C1. The first-order valence-electron chi connectivity index (χ1n) is 9.95. The molecular weight excluding hydrogens is 409 g/mol. The van der Waals surface area contributed by atoms with Crippen molar-refractivity contribution in [2.24, 2.45) is 0 Å². The number of alkyl halides is 3. The molecule has 0 aliphatic carbocycles. The number of rotatable bonds is 6. The van der Waals surface area contributed by atoms with Gasteiger partial charge in [0.2, 0.25) is 0 Å². The first kappa shape index (κ1) is 20.9. The summed E-state index contributed by atoms with van der Waals surface area (Å²) in [6.07, 6.45) is -1.51. The zero-order valence-electron chi connectivity index (χ0n) is 16.6. The third-order valence-corrected chi connectivity index (χ3v) is 5.23. The van der Waals surface area contributed by atoms with Gasteiger partial charge < -0.3 is 9.64 Å². The van der Waals surface area contributed by atoms with Crippen molar-refractivity contribution in [3.63, 3.8) is 0 Å². The molecule has 6 nitrogen and oxygen atoms in total. The Morgan fingerprint density at radius 2 is 2.06 bits per heavy atom. The molecule has 1 saturated heterocycles. The minimum Gasteiger partial charge on any atom is -0.493 e. The average molecular weight is 430 g/mol. The van der Waals surface area contributed by atoms with Gasteiger partial charge in [-0.2, -0.15) is 18.3 Å². The van der Waals surface area contributed by atoms with E-state index in [1.165, 1.54) is 12.1 Å². The second-order valence-corrected chi connectivity index (χ2v) is 7.39. The Morgan fingerprint density at radius 1 is 1.19 bits per heavy atom. The summed E-state index contributed by atoms with van der Waals surface area (Å²) in [5.74, 6) is 0.212. The van der Waals surface area contributed by atoms with Gasteiger partial charge in [-0.25, -0.2) is 0 Å². The van der Waals surface area contributed by atoms with Gasteiger partial charge >= 0.3 is 6.18 Å². The molecule has 0 spiro atoms. The van der Waals surface area contributed by atoms with E-state index in [4.69, 9.17) is 4.74 Å². The summed E-state index contributed by atoms with van der Waals surface area (Å²) in [5, 5.41) is 7.31. The van der Waals surface area contributed by atoms with Gasteiger partial charge in [0.1, 0.15) is 11.4 Å². The number of amides is 1. The minimum atomic E-state index is -4.40. The number of hydrogen-bond acceptors (Lipinski definition) is 4. The number of likely N-dealkylation sites (tertiary alicyclic amines) is 1. The number of carbonyl (C=O) groups is 1. The highest BCUT2D eigenvalue weighted by Gasteiger charge is 2.31. The Balaban J connectivity index is 1.30. The van der Waals surface area contributed by atoms with Gasteiger partial charge in [-0.3, -0.25) is 14.9 Å². The number of pyridine rings is 1. The maximum absolute atomic E-state index is 12.8. The number of ether oxygens (including phenoxy) is 1. The minimum absolute atomic E-state index is 0.0895. The number of nitrogens with zero attached hydrogens (tertiary/aromatic N) is 3. The van der Waals surface area contributed by atoms with Crippen LogP contribution in [0.5, 0.6) is 5.75 Å². The molecule has 162 valence electrons. The van der Waals surface area contributed by atoms with E-state index in [9.17, 15) is 18.0 Å². The van der Waals surface area contributed by atoms with E-state index in [0.717, 1.165) is 29.9 Å². The van der Waals surface area contributed by atoms with Gasteiger partial charge in [0.25, 0.3) is 5.91 Å². The van der Waals surface area contributed by atoms with E-state index >= 15 is 0 Å². The molecule has 3 heterocycles. The third-order valence-electron chi connectivity index (χ3n) is 5.23. The molecule has 9 heteroatoms. The number of nitrogens with one attached hydrogen (secondary N) is 1. The number of benzene rings is 1. The lowest BCUT2D eigenvalue weighted by Crippen LogP contribution is -2.29. The molecule has 2 aromatic heterocycles. The molecule has 1 aliphatic heterocycles. The van der Waals surface area contributed by atoms with Gasteiger partial charge in [0.05, 0.1) is 17.9 Å². The van der Waals surface area contributed by atoms with Crippen LogP contribution in [0, 0.1) is 0 Å². The maximum Gasteiger partial charge on any atom is 0.416 e. The topological polar surface area (TPSA) is 71.1 Å². The van der Waals surface area contributed by atoms with Crippen molar-refractivity contribution < 1.29 is 22.7 Å².